The van der Waals surface area contributed by atoms with E-state index in [-0.39, 0.29) is 11.8 Å². The second-order valence-corrected chi connectivity index (χ2v) is 8.48. The van der Waals surface area contributed by atoms with Crippen LogP contribution < -0.4 is 15.5 Å². The zero-order chi connectivity index (χ0) is 23.5. The average Bonchev–Trinajstić information content (AvgIpc) is 2.83. The van der Waals surface area contributed by atoms with Crippen molar-refractivity contribution in [1.82, 2.24) is 5.32 Å². The number of benzene rings is 2. The molecule has 33 heavy (non-hydrogen) atoms. The number of carbonyl (C=O) groups is 2. The minimum absolute atomic E-state index is 0.00817. The SMILES string of the molecule is CCCCCC(=O)Nc1ccc(N2CCc3ccccc3C2)c(C(=O)NCCCOCC)c1. The lowest BCUT2D eigenvalue weighted by Crippen LogP contribution is -2.33. The van der Waals surface area contributed by atoms with Crippen LogP contribution in [0.15, 0.2) is 42.5 Å². The molecule has 0 aliphatic carbocycles. The van der Waals surface area contributed by atoms with Gasteiger partial charge in [0.2, 0.25) is 5.91 Å². The molecule has 1 aliphatic rings. The Morgan fingerprint density at radius 3 is 2.64 bits per heavy atom. The predicted molar refractivity (Wildman–Crippen MR) is 134 cm³/mol. The first-order valence-corrected chi connectivity index (χ1v) is 12.2. The van der Waals surface area contributed by atoms with Crippen LogP contribution in [0.1, 0.15) is 67.4 Å². The number of rotatable bonds is 12. The molecule has 0 radical (unpaired) electrons. The van der Waals surface area contributed by atoms with Gasteiger partial charge in [0.05, 0.1) is 5.56 Å². The lowest BCUT2D eigenvalue weighted by atomic mass is 9.98. The fraction of sp³-hybridized carbons (Fsp3) is 0.481. The van der Waals surface area contributed by atoms with E-state index < -0.39 is 0 Å². The van der Waals surface area contributed by atoms with Gasteiger partial charge in [0.15, 0.2) is 0 Å². The van der Waals surface area contributed by atoms with Crippen molar-refractivity contribution < 1.29 is 14.3 Å². The molecule has 0 aromatic heterocycles. The van der Waals surface area contributed by atoms with Crippen LogP contribution in [0.5, 0.6) is 0 Å². The summed E-state index contributed by atoms with van der Waals surface area (Å²) in [5.41, 5.74) is 4.82. The van der Waals surface area contributed by atoms with E-state index in [9.17, 15) is 9.59 Å². The average molecular weight is 452 g/mol. The predicted octanol–water partition coefficient (Wildman–Crippen LogP) is 4.92. The minimum Gasteiger partial charge on any atom is -0.382 e. The Morgan fingerprint density at radius 2 is 1.85 bits per heavy atom. The van der Waals surface area contributed by atoms with Crippen LogP contribution in [0.25, 0.3) is 0 Å². The standard InChI is InChI=1S/C27H37N3O3/c1-3-5-6-12-26(31)29-23-13-14-25(24(19-23)27(32)28-16-9-18-33-4-2)30-17-15-21-10-7-8-11-22(21)20-30/h7-8,10-11,13-14,19H,3-6,9,12,15-18,20H2,1-2H3,(H,28,32)(H,29,31). The first kappa shape index (κ1) is 24.8. The van der Waals surface area contributed by atoms with Crippen LogP contribution in [-0.4, -0.2) is 38.1 Å². The van der Waals surface area contributed by atoms with Crippen molar-refractivity contribution in [3.05, 3.63) is 59.2 Å². The second kappa shape index (κ2) is 13.0. The molecule has 0 fully saturated rings. The summed E-state index contributed by atoms with van der Waals surface area (Å²) in [4.78, 5) is 27.7. The van der Waals surface area contributed by atoms with Crippen molar-refractivity contribution in [2.75, 3.05) is 36.5 Å². The maximum absolute atomic E-state index is 13.1. The molecule has 0 saturated carbocycles. The van der Waals surface area contributed by atoms with Gasteiger partial charge in [0.25, 0.3) is 5.91 Å². The molecule has 2 amide bonds. The van der Waals surface area contributed by atoms with Gasteiger partial charge in [0.1, 0.15) is 0 Å². The molecule has 2 aromatic carbocycles. The summed E-state index contributed by atoms with van der Waals surface area (Å²) in [7, 11) is 0. The van der Waals surface area contributed by atoms with Gasteiger partial charge in [-0.25, -0.2) is 0 Å². The lowest BCUT2D eigenvalue weighted by Gasteiger charge is -2.32. The lowest BCUT2D eigenvalue weighted by molar-refractivity contribution is -0.116. The molecule has 6 heteroatoms. The highest BCUT2D eigenvalue weighted by Gasteiger charge is 2.22. The van der Waals surface area contributed by atoms with Crippen molar-refractivity contribution in [2.45, 2.75) is 58.9 Å². The molecule has 2 aromatic rings. The maximum atomic E-state index is 13.1. The minimum atomic E-state index is -0.123. The van der Waals surface area contributed by atoms with E-state index in [1.165, 1.54) is 11.1 Å². The van der Waals surface area contributed by atoms with Gasteiger partial charge >= 0.3 is 0 Å². The van der Waals surface area contributed by atoms with Crippen LogP contribution >= 0.6 is 0 Å². The Balaban J connectivity index is 1.76. The topological polar surface area (TPSA) is 70.7 Å². The molecular weight excluding hydrogens is 414 g/mol. The van der Waals surface area contributed by atoms with Crippen LogP contribution in [-0.2, 0) is 22.5 Å². The van der Waals surface area contributed by atoms with Crippen molar-refractivity contribution in [1.29, 1.82) is 0 Å². The molecule has 0 unspecified atom stereocenters. The van der Waals surface area contributed by atoms with Gasteiger partial charge in [-0.2, -0.15) is 0 Å². The normalized spacial score (nSPS) is 12.8. The van der Waals surface area contributed by atoms with Gasteiger partial charge in [-0.15, -0.1) is 0 Å². The highest BCUT2D eigenvalue weighted by molar-refractivity contribution is 6.02. The smallest absolute Gasteiger partial charge is 0.253 e. The number of unbranched alkanes of at least 4 members (excludes halogenated alkanes) is 2. The second-order valence-electron chi connectivity index (χ2n) is 8.48. The van der Waals surface area contributed by atoms with E-state index in [1.54, 1.807) is 0 Å². The summed E-state index contributed by atoms with van der Waals surface area (Å²) in [5, 5.41) is 5.99. The van der Waals surface area contributed by atoms with E-state index >= 15 is 0 Å². The van der Waals surface area contributed by atoms with Crippen LogP contribution in [0.3, 0.4) is 0 Å². The third-order valence-electron chi connectivity index (χ3n) is 5.96. The molecule has 2 N–H and O–H groups in total. The number of anilines is 2. The Kier molecular flexibility index (Phi) is 9.76. The van der Waals surface area contributed by atoms with Gasteiger partial charge in [-0.1, -0.05) is 44.0 Å². The van der Waals surface area contributed by atoms with Crippen molar-refractivity contribution in [3.63, 3.8) is 0 Å². The molecule has 6 nitrogen and oxygen atoms in total. The van der Waals surface area contributed by atoms with Gasteiger partial charge in [-0.05, 0) is 55.5 Å². The van der Waals surface area contributed by atoms with Gasteiger partial charge in [0, 0.05) is 50.6 Å². The van der Waals surface area contributed by atoms with E-state index in [0.717, 1.165) is 50.9 Å². The largest absolute Gasteiger partial charge is 0.382 e. The van der Waals surface area contributed by atoms with E-state index in [4.69, 9.17) is 4.74 Å². The zero-order valence-electron chi connectivity index (χ0n) is 20.0. The summed E-state index contributed by atoms with van der Waals surface area (Å²) in [6.07, 6.45) is 5.20. The van der Waals surface area contributed by atoms with Crippen molar-refractivity contribution >= 4 is 23.2 Å². The number of nitrogens with one attached hydrogen (secondary N) is 2. The van der Waals surface area contributed by atoms with Crippen LogP contribution in [0, 0.1) is 0 Å². The summed E-state index contributed by atoms with van der Waals surface area (Å²) < 4.78 is 5.37. The number of fused-ring (bicyclic) bond motifs is 1. The number of carbonyl (C=O) groups excluding carboxylic acids is 2. The van der Waals surface area contributed by atoms with Crippen molar-refractivity contribution in [2.24, 2.45) is 0 Å². The molecule has 178 valence electrons. The first-order chi connectivity index (χ1) is 16.1. The molecule has 0 atom stereocenters. The number of hydrogen-bond acceptors (Lipinski definition) is 4. The number of nitrogens with zero attached hydrogens (tertiary/aromatic N) is 1. The van der Waals surface area contributed by atoms with E-state index in [2.05, 4.69) is 46.7 Å². The molecular formula is C27H37N3O3. The maximum Gasteiger partial charge on any atom is 0.253 e. The van der Waals surface area contributed by atoms with Crippen LogP contribution in [0.4, 0.5) is 11.4 Å². The fourth-order valence-electron chi connectivity index (χ4n) is 4.15. The Hall–Kier alpha value is -2.86. The zero-order valence-corrected chi connectivity index (χ0v) is 20.0. The monoisotopic (exact) mass is 451 g/mol. The third kappa shape index (κ3) is 7.32. The molecule has 0 bridgehead atoms. The van der Waals surface area contributed by atoms with E-state index in [0.29, 0.717) is 37.4 Å². The quantitative estimate of drug-likeness (QED) is 0.449. The number of ether oxygens (including phenoxy) is 1. The fourth-order valence-corrected chi connectivity index (χ4v) is 4.15. The molecule has 1 aliphatic heterocycles. The highest BCUT2D eigenvalue weighted by Crippen LogP contribution is 2.29. The Bertz CT molecular complexity index is 929. The van der Waals surface area contributed by atoms with Gasteiger partial charge < -0.3 is 20.3 Å². The molecule has 0 saturated heterocycles. The molecule has 0 spiro atoms. The summed E-state index contributed by atoms with van der Waals surface area (Å²) in [6.45, 7) is 7.55. The first-order valence-electron chi connectivity index (χ1n) is 12.2. The number of amides is 2. The van der Waals surface area contributed by atoms with E-state index in [1.807, 2.05) is 25.1 Å². The van der Waals surface area contributed by atoms with Crippen LogP contribution in [0.2, 0.25) is 0 Å². The third-order valence-corrected chi connectivity index (χ3v) is 5.96. The Labute approximate surface area is 197 Å². The summed E-state index contributed by atoms with van der Waals surface area (Å²) in [6, 6.07) is 14.1. The molecule has 3 rings (SSSR count). The van der Waals surface area contributed by atoms with Crippen molar-refractivity contribution in [3.8, 4) is 0 Å². The summed E-state index contributed by atoms with van der Waals surface area (Å²) >= 11 is 0. The summed E-state index contributed by atoms with van der Waals surface area (Å²) in [5.74, 6) is -0.131. The Morgan fingerprint density at radius 1 is 1.03 bits per heavy atom. The van der Waals surface area contributed by atoms with Gasteiger partial charge in [-0.3, -0.25) is 9.59 Å². The molecule has 1 heterocycles. The highest BCUT2D eigenvalue weighted by atomic mass is 16.5. The number of hydrogen-bond donors (Lipinski definition) is 2.